The Hall–Kier alpha value is -0.710. The lowest BCUT2D eigenvalue weighted by Gasteiger charge is -2.06. The highest BCUT2D eigenvalue weighted by Crippen LogP contribution is 2.04. The number of thioether (sulfide) groups is 1. The molecule has 0 bridgehead atoms. The molecular formula is C5H9NO3S. The largest absolute Gasteiger partial charge is 0.481 e. The molecule has 0 fully saturated rings. The molecule has 10 heavy (non-hydrogen) atoms. The summed E-state index contributed by atoms with van der Waals surface area (Å²) in [5.74, 6) is -1.14. The van der Waals surface area contributed by atoms with E-state index >= 15 is 0 Å². The molecule has 0 radical (unpaired) electrons. The van der Waals surface area contributed by atoms with Crippen molar-refractivity contribution < 1.29 is 14.7 Å². The first-order valence-corrected chi connectivity index (χ1v) is 3.58. The van der Waals surface area contributed by atoms with Gasteiger partial charge in [0, 0.05) is 14.1 Å². The molecule has 0 unspecified atom stereocenters. The summed E-state index contributed by atoms with van der Waals surface area (Å²) < 4.78 is 0. The van der Waals surface area contributed by atoms with Gasteiger partial charge in [0.25, 0.3) is 5.24 Å². The van der Waals surface area contributed by atoms with E-state index in [4.69, 9.17) is 5.11 Å². The number of amides is 1. The van der Waals surface area contributed by atoms with Crippen LogP contribution < -0.4 is 0 Å². The van der Waals surface area contributed by atoms with Gasteiger partial charge in [-0.2, -0.15) is 0 Å². The third-order valence-electron chi connectivity index (χ3n) is 0.684. The Balaban J connectivity index is 3.50. The fraction of sp³-hybridized carbons (Fsp3) is 0.600. The summed E-state index contributed by atoms with van der Waals surface area (Å²) >= 11 is 0.780. The van der Waals surface area contributed by atoms with Gasteiger partial charge in [-0.25, -0.2) is 0 Å². The van der Waals surface area contributed by atoms with Crippen molar-refractivity contribution in [1.29, 1.82) is 0 Å². The Morgan fingerprint density at radius 1 is 1.50 bits per heavy atom. The third-order valence-corrected chi connectivity index (χ3v) is 1.69. The van der Waals surface area contributed by atoms with Gasteiger partial charge in [0.15, 0.2) is 0 Å². The van der Waals surface area contributed by atoms with Crippen LogP contribution >= 0.6 is 11.8 Å². The Bertz CT molecular complexity index is 146. The van der Waals surface area contributed by atoms with Gasteiger partial charge in [0.2, 0.25) is 0 Å². The van der Waals surface area contributed by atoms with Crippen LogP contribution in [0.25, 0.3) is 0 Å². The maximum Gasteiger partial charge on any atom is 0.314 e. The van der Waals surface area contributed by atoms with Gasteiger partial charge >= 0.3 is 5.97 Å². The SMILES string of the molecule is CN(C)C(=O)SCC(=O)O. The summed E-state index contributed by atoms with van der Waals surface area (Å²) in [7, 11) is 3.16. The van der Waals surface area contributed by atoms with E-state index in [2.05, 4.69) is 0 Å². The second-order valence-electron chi connectivity index (χ2n) is 1.84. The number of nitrogens with zero attached hydrogens (tertiary/aromatic N) is 1. The van der Waals surface area contributed by atoms with E-state index in [-0.39, 0.29) is 11.0 Å². The van der Waals surface area contributed by atoms with E-state index in [1.54, 1.807) is 14.1 Å². The zero-order valence-electron chi connectivity index (χ0n) is 5.83. The van der Waals surface area contributed by atoms with Gasteiger partial charge in [0.05, 0.1) is 0 Å². The van der Waals surface area contributed by atoms with Crippen molar-refractivity contribution in [2.45, 2.75) is 0 Å². The highest BCUT2D eigenvalue weighted by Gasteiger charge is 2.06. The molecule has 0 aromatic carbocycles. The van der Waals surface area contributed by atoms with Crippen molar-refractivity contribution in [2.75, 3.05) is 19.8 Å². The smallest absolute Gasteiger partial charge is 0.314 e. The van der Waals surface area contributed by atoms with E-state index < -0.39 is 5.97 Å². The number of aliphatic carboxylic acids is 1. The quantitative estimate of drug-likeness (QED) is 0.643. The molecule has 0 aliphatic rings. The van der Waals surface area contributed by atoms with Gasteiger partial charge in [-0.05, 0) is 0 Å². The van der Waals surface area contributed by atoms with E-state index in [9.17, 15) is 9.59 Å². The lowest BCUT2D eigenvalue weighted by atomic mass is 10.8. The van der Waals surface area contributed by atoms with E-state index in [1.165, 1.54) is 4.90 Å². The maximum atomic E-state index is 10.7. The second-order valence-corrected chi connectivity index (χ2v) is 2.77. The zero-order chi connectivity index (χ0) is 8.15. The minimum atomic E-state index is -0.972. The van der Waals surface area contributed by atoms with Crippen LogP contribution in [0.1, 0.15) is 0 Å². The molecule has 0 atom stereocenters. The highest BCUT2D eigenvalue weighted by molar-refractivity contribution is 8.14. The third kappa shape index (κ3) is 4.20. The van der Waals surface area contributed by atoms with E-state index in [0.29, 0.717) is 0 Å². The Morgan fingerprint density at radius 3 is 2.30 bits per heavy atom. The number of carbonyl (C=O) groups is 2. The number of carboxylic acids is 1. The first-order chi connectivity index (χ1) is 4.54. The maximum absolute atomic E-state index is 10.7. The summed E-state index contributed by atoms with van der Waals surface area (Å²) in [6, 6.07) is 0. The molecule has 0 saturated carbocycles. The van der Waals surface area contributed by atoms with Crippen molar-refractivity contribution in [1.82, 2.24) is 4.90 Å². The standard InChI is InChI=1S/C5H9NO3S/c1-6(2)5(9)10-3-4(7)8/h3H2,1-2H3,(H,7,8). The average Bonchev–Trinajstić information content (AvgIpc) is 1.82. The van der Waals surface area contributed by atoms with Crippen molar-refractivity contribution in [2.24, 2.45) is 0 Å². The van der Waals surface area contributed by atoms with Crippen LogP contribution in [-0.2, 0) is 4.79 Å². The number of carbonyl (C=O) groups excluding carboxylic acids is 1. The predicted octanol–water partition coefficient (Wildman–Crippen LogP) is 0.486. The van der Waals surface area contributed by atoms with Crippen LogP contribution in [0, 0.1) is 0 Å². The van der Waals surface area contributed by atoms with E-state index in [0.717, 1.165) is 11.8 Å². The van der Waals surface area contributed by atoms with Gasteiger partial charge in [0.1, 0.15) is 5.75 Å². The lowest BCUT2D eigenvalue weighted by molar-refractivity contribution is -0.133. The molecule has 1 amide bonds. The van der Waals surface area contributed by atoms with Gasteiger partial charge < -0.3 is 10.0 Å². The molecule has 0 spiro atoms. The van der Waals surface area contributed by atoms with Crippen LogP contribution in [0.3, 0.4) is 0 Å². The van der Waals surface area contributed by atoms with Crippen LogP contribution in [0.2, 0.25) is 0 Å². The minimum Gasteiger partial charge on any atom is -0.481 e. The Morgan fingerprint density at radius 2 is 2.00 bits per heavy atom. The molecule has 4 nitrogen and oxygen atoms in total. The van der Waals surface area contributed by atoms with Crippen molar-refractivity contribution in [3.8, 4) is 0 Å². The van der Waals surface area contributed by atoms with Crippen LogP contribution in [0.4, 0.5) is 4.79 Å². The topological polar surface area (TPSA) is 57.6 Å². The molecule has 0 aliphatic carbocycles. The Labute approximate surface area is 63.2 Å². The van der Waals surface area contributed by atoms with Crippen molar-refractivity contribution >= 4 is 23.0 Å². The summed E-state index contributed by atoms with van der Waals surface area (Å²) in [5, 5.41) is 7.92. The predicted molar refractivity (Wildman–Crippen MR) is 39.2 cm³/mol. The molecule has 0 aliphatic heterocycles. The second kappa shape index (κ2) is 4.16. The molecule has 0 heterocycles. The molecule has 0 aromatic heterocycles. The zero-order valence-corrected chi connectivity index (χ0v) is 6.64. The van der Waals surface area contributed by atoms with Crippen molar-refractivity contribution in [3.63, 3.8) is 0 Å². The summed E-state index contributed by atoms with van der Waals surface area (Å²) in [6.07, 6.45) is 0. The van der Waals surface area contributed by atoms with Gasteiger partial charge in [-0.15, -0.1) is 0 Å². The van der Waals surface area contributed by atoms with Crippen molar-refractivity contribution in [3.05, 3.63) is 0 Å². The molecular weight excluding hydrogens is 154 g/mol. The molecule has 1 N–H and O–H groups in total. The normalized spacial score (nSPS) is 9.00. The average molecular weight is 163 g/mol. The van der Waals surface area contributed by atoms with Gasteiger partial charge in [-0.1, -0.05) is 11.8 Å². The minimum absolute atomic E-state index is 0.170. The fourth-order valence-electron chi connectivity index (χ4n) is 0.253. The number of hydrogen-bond donors (Lipinski definition) is 1. The lowest BCUT2D eigenvalue weighted by Crippen LogP contribution is -2.18. The number of carboxylic acid groups (broad SMARTS) is 1. The first-order valence-electron chi connectivity index (χ1n) is 2.60. The number of rotatable bonds is 2. The van der Waals surface area contributed by atoms with Crippen LogP contribution in [0.5, 0.6) is 0 Å². The first kappa shape index (κ1) is 9.29. The van der Waals surface area contributed by atoms with E-state index in [1.807, 2.05) is 0 Å². The molecule has 58 valence electrons. The van der Waals surface area contributed by atoms with Crippen LogP contribution in [0.15, 0.2) is 0 Å². The Kier molecular flexibility index (Phi) is 3.87. The van der Waals surface area contributed by atoms with Gasteiger partial charge in [-0.3, -0.25) is 9.59 Å². The molecule has 5 heteroatoms. The summed E-state index contributed by atoms with van der Waals surface area (Å²) in [4.78, 5) is 21.9. The molecule has 0 rings (SSSR count). The highest BCUT2D eigenvalue weighted by atomic mass is 32.2. The van der Waals surface area contributed by atoms with Crippen LogP contribution in [-0.4, -0.2) is 41.1 Å². The monoisotopic (exact) mass is 163 g/mol. The fourth-order valence-corrected chi connectivity index (χ4v) is 0.758. The molecule has 0 aromatic rings. The molecule has 0 saturated heterocycles. The summed E-state index contributed by atoms with van der Waals surface area (Å²) in [6.45, 7) is 0. The summed E-state index contributed by atoms with van der Waals surface area (Å²) in [5.41, 5.74) is 0. The number of hydrogen-bond acceptors (Lipinski definition) is 3.